The van der Waals surface area contributed by atoms with Gasteiger partial charge in [-0.3, -0.25) is 4.79 Å². The molecule has 0 unspecified atom stereocenters. The van der Waals surface area contributed by atoms with Crippen molar-refractivity contribution in [1.82, 2.24) is 25.0 Å². The monoisotopic (exact) mass is 439 g/mol. The van der Waals surface area contributed by atoms with Crippen molar-refractivity contribution in [3.63, 3.8) is 0 Å². The fraction of sp³-hybridized carbons (Fsp3) is 0.208. The maximum atomic E-state index is 12.3. The molecule has 1 amide bonds. The third-order valence-corrected chi connectivity index (χ3v) is 6.03. The second-order valence-corrected chi connectivity index (χ2v) is 8.21. The van der Waals surface area contributed by atoms with Gasteiger partial charge in [-0.05, 0) is 49.2 Å². The van der Waals surface area contributed by atoms with Crippen LogP contribution in [0.3, 0.4) is 0 Å². The van der Waals surface area contributed by atoms with Crippen LogP contribution in [0.2, 0.25) is 0 Å². The van der Waals surface area contributed by atoms with Crippen LogP contribution in [-0.2, 0) is 4.79 Å². The van der Waals surface area contributed by atoms with Gasteiger partial charge >= 0.3 is 0 Å². The fourth-order valence-corrected chi connectivity index (χ4v) is 4.32. The van der Waals surface area contributed by atoms with Crippen LogP contribution < -0.4 is 15.0 Å². The second kappa shape index (κ2) is 7.70. The van der Waals surface area contributed by atoms with E-state index in [-0.39, 0.29) is 11.9 Å². The lowest BCUT2D eigenvalue weighted by Crippen LogP contribution is -2.40. The number of hydrogen-bond acceptors (Lipinski definition) is 7. The summed E-state index contributed by atoms with van der Waals surface area (Å²) < 4.78 is 7.53. The highest BCUT2D eigenvalue weighted by Gasteiger charge is 2.38. The molecule has 0 radical (unpaired) electrons. The SMILES string of the molecule is Cc1cnnn1-c1ccc(-c2ccc(Nc3cnc4c(c3)N3C(=O)CC[C@H]3CO4)nc2)cc1. The Hall–Kier alpha value is -4.27. The molecule has 1 fully saturated rings. The van der Waals surface area contributed by atoms with Crippen molar-refractivity contribution in [2.45, 2.75) is 25.8 Å². The first-order valence-corrected chi connectivity index (χ1v) is 10.8. The minimum Gasteiger partial charge on any atom is -0.474 e. The highest BCUT2D eigenvalue weighted by molar-refractivity contribution is 5.98. The zero-order valence-electron chi connectivity index (χ0n) is 18.0. The number of rotatable bonds is 4. The van der Waals surface area contributed by atoms with Crippen molar-refractivity contribution < 1.29 is 9.53 Å². The van der Waals surface area contributed by atoms with E-state index in [1.165, 1.54) is 0 Å². The van der Waals surface area contributed by atoms with Crippen molar-refractivity contribution in [3.8, 4) is 22.7 Å². The quantitative estimate of drug-likeness (QED) is 0.518. The first-order valence-electron chi connectivity index (χ1n) is 10.8. The number of aryl methyl sites for hydroxylation is 1. The number of ether oxygens (including phenoxy) is 1. The van der Waals surface area contributed by atoms with Crippen molar-refractivity contribution in [2.75, 3.05) is 16.8 Å². The lowest BCUT2D eigenvalue weighted by Gasteiger charge is -2.31. The van der Waals surface area contributed by atoms with Crippen molar-refractivity contribution in [1.29, 1.82) is 0 Å². The number of carbonyl (C=O) groups is 1. The number of nitrogens with one attached hydrogen (secondary N) is 1. The smallest absolute Gasteiger partial charge is 0.238 e. The van der Waals surface area contributed by atoms with Crippen LogP contribution in [0.5, 0.6) is 5.88 Å². The Bertz CT molecular complexity index is 1330. The Morgan fingerprint density at radius 1 is 1.03 bits per heavy atom. The summed E-state index contributed by atoms with van der Waals surface area (Å²) in [5, 5.41) is 11.3. The third-order valence-electron chi connectivity index (χ3n) is 6.03. The summed E-state index contributed by atoms with van der Waals surface area (Å²) in [6, 6.07) is 14.0. The molecular weight excluding hydrogens is 418 g/mol. The van der Waals surface area contributed by atoms with E-state index in [9.17, 15) is 4.79 Å². The van der Waals surface area contributed by atoms with Crippen LogP contribution in [0.1, 0.15) is 18.5 Å². The topological polar surface area (TPSA) is 98.1 Å². The molecule has 5 heterocycles. The van der Waals surface area contributed by atoms with E-state index in [1.54, 1.807) is 17.1 Å². The lowest BCUT2D eigenvalue weighted by molar-refractivity contribution is -0.117. The van der Waals surface area contributed by atoms with E-state index < -0.39 is 0 Å². The highest BCUT2D eigenvalue weighted by Crippen LogP contribution is 2.39. The van der Waals surface area contributed by atoms with Crippen LogP contribution in [0, 0.1) is 6.92 Å². The fourth-order valence-electron chi connectivity index (χ4n) is 4.32. The standard InChI is InChI=1S/C24H21N7O2/c1-15-11-27-29-31(15)19-5-2-16(3-6-19)17-4-8-22(25-12-17)28-18-10-21-24(26-13-18)33-14-20-7-9-23(32)30(20)21/h2-6,8,10-13,20H,7,9,14H2,1H3,(H,25,28)/t20-/m0/s1. The predicted octanol–water partition coefficient (Wildman–Crippen LogP) is 3.66. The Morgan fingerprint density at radius 3 is 2.64 bits per heavy atom. The molecule has 2 aliphatic rings. The molecule has 9 nitrogen and oxygen atoms in total. The van der Waals surface area contributed by atoms with Crippen LogP contribution in [-0.4, -0.2) is 43.5 Å². The Morgan fingerprint density at radius 2 is 1.88 bits per heavy atom. The summed E-state index contributed by atoms with van der Waals surface area (Å²) in [4.78, 5) is 23.1. The van der Waals surface area contributed by atoms with Gasteiger partial charge in [0.2, 0.25) is 11.8 Å². The number of carbonyl (C=O) groups excluding carboxylic acids is 1. The van der Waals surface area contributed by atoms with E-state index in [4.69, 9.17) is 4.74 Å². The average molecular weight is 439 g/mol. The molecule has 1 saturated heterocycles. The first kappa shape index (κ1) is 19.4. The maximum Gasteiger partial charge on any atom is 0.238 e. The van der Waals surface area contributed by atoms with Crippen molar-refractivity contribution in [2.24, 2.45) is 0 Å². The number of nitrogens with zero attached hydrogens (tertiary/aromatic N) is 6. The van der Waals surface area contributed by atoms with E-state index in [0.717, 1.165) is 40.3 Å². The zero-order valence-corrected chi connectivity index (χ0v) is 18.0. The minimum atomic E-state index is 0.0966. The summed E-state index contributed by atoms with van der Waals surface area (Å²) >= 11 is 0. The maximum absolute atomic E-state index is 12.3. The number of benzene rings is 1. The molecule has 33 heavy (non-hydrogen) atoms. The summed E-state index contributed by atoms with van der Waals surface area (Å²) in [5.74, 6) is 1.31. The van der Waals surface area contributed by atoms with Gasteiger partial charge in [-0.25, -0.2) is 14.6 Å². The second-order valence-electron chi connectivity index (χ2n) is 8.21. The molecule has 9 heteroatoms. The van der Waals surface area contributed by atoms with E-state index in [0.29, 0.717) is 24.7 Å². The van der Waals surface area contributed by atoms with E-state index in [1.807, 2.05) is 60.5 Å². The molecule has 0 aliphatic carbocycles. The summed E-state index contributed by atoms with van der Waals surface area (Å²) in [7, 11) is 0. The van der Waals surface area contributed by atoms with Gasteiger partial charge < -0.3 is 15.0 Å². The highest BCUT2D eigenvalue weighted by atomic mass is 16.5. The van der Waals surface area contributed by atoms with Gasteiger partial charge in [-0.15, -0.1) is 5.10 Å². The summed E-state index contributed by atoms with van der Waals surface area (Å²) in [6.07, 6.45) is 6.62. The van der Waals surface area contributed by atoms with Crippen LogP contribution in [0.15, 0.2) is 61.1 Å². The van der Waals surface area contributed by atoms with Gasteiger partial charge in [0, 0.05) is 18.2 Å². The molecule has 1 N–H and O–H groups in total. The molecule has 1 atom stereocenters. The molecule has 0 bridgehead atoms. The Labute approximate surface area is 190 Å². The molecule has 4 aromatic rings. The number of anilines is 3. The van der Waals surface area contributed by atoms with Crippen LogP contribution in [0.4, 0.5) is 17.2 Å². The predicted molar refractivity (Wildman–Crippen MR) is 123 cm³/mol. The van der Waals surface area contributed by atoms with Gasteiger partial charge in [0.15, 0.2) is 0 Å². The molecule has 3 aromatic heterocycles. The third kappa shape index (κ3) is 3.47. The van der Waals surface area contributed by atoms with Crippen LogP contribution in [0.25, 0.3) is 16.8 Å². The molecule has 1 aromatic carbocycles. The van der Waals surface area contributed by atoms with Gasteiger partial charge in [0.25, 0.3) is 0 Å². The molecule has 2 aliphatic heterocycles. The lowest BCUT2D eigenvalue weighted by atomic mass is 10.1. The molecule has 0 spiro atoms. The number of pyridine rings is 2. The van der Waals surface area contributed by atoms with Gasteiger partial charge in [-0.1, -0.05) is 17.3 Å². The van der Waals surface area contributed by atoms with Gasteiger partial charge in [0.1, 0.15) is 18.1 Å². The normalized spacial score (nSPS) is 16.8. The largest absolute Gasteiger partial charge is 0.474 e. The van der Waals surface area contributed by atoms with E-state index >= 15 is 0 Å². The van der Waals surface area contributed by atoms with Gasteiger partial charge in [-0.2, -0.15) is 0 Å². The average Bonchev–Trinajstić information content (AvgIpc) is 3.45. The van der Waals surface area contributed by atoms with Gasteiger partial charge in [0.05, 0.1) is 35.5 Å². The first-order chi connectivity index (χ1) is 16.2. The minimum absolute atomic E-state index is 0.0966. The number of fused-ring (bicyclic) bond motifs is 3. The van der Waals surface area contributed by atoms with Crippen LogP contribution >= 0.6 is 0 Å². The van der Waals surface area contributed by atoms with E-state index in [2.05, 4.69) is 25.6 Å². The number of amides is 1. The number of hydrogen-bond donors (Lipinski definition) is 1. The summed E-state index contributed by atoms with van der Waals surface area (Å²) in [6.45, 7) is 2.47. The van der Waals surface area contributed by atoms with Crippen molar-refractivity contribution in [3.05, 3.63) is 66.7 Å². The number of aromatic nitrogens is 5. The Balaban J connectivity index is 1.20. The Kier molecular flexibility index (Phi) is 4.53. The van der Waals surface area contributed by atoms with Crippen molar-refractivity contribution >= 4 is 23.1 Å². The molecule has 6 rings (SSSR count). The zero-order chi connectivity index (χ0) is 22.4. The molecular formula is C24H21N7O2. The molecule has 0 saturated carbocycles. The summed E-state index contributed by atoms with van der Waals surface area (Å²) in [5.41, 5.74) is 5.48. The molecule has 164 valence electrons.